The monoisotopic (exact) mass is 354 g/mol. The highest BCUT2D eigenvalue weighted by Gasteiger charge is 2.10. The van der Waals surface area contributed by atoms with Crippen LogP contribution in [0.2, 0.25) is 0 Å². The van der Waals surface area contributed by atoms with E-state index in [1.54, 1.807) is 24.3 Å². The number of hydrogen-bond donors (Lipinski definition) is 4. The number of benzene rings is 2. The van der Waals surface area contributed by atoms with Crippen molar-refractivity contribution >= 4 is 29.2 Å². The molecule has 26 heavy (non-hydrogen) atoms. The standard InChI is InChI=1S/C19H22N4O3/c1-12-5-4-6-15(9-12)22-19(26)21-11-17(24)23-16-10-14(18(25)20-3)8-7-13(16)2/h4-10H,11H2,1-3H3,(H,20,25)(H,23,24)(H2,21,22,26). The minimum atomic E-state index is -0.471. The first-order valence-corrected chi connectivity index (χ1v) is 8.13. The van der Waals surface area contributed by atoms with Crippen molar-refractivity contribution in [1.29, 1.82) is 0 Å². The highest BCUT2D eigenvalue weighted by molar-refractivity contribution is 5.99. The van der Waals surface area contributed by atoms with Crippen LogP contribution < -0.4 is 21.3 Å². The molecule has 0 aliphatic carbocycles. The molecular weight excluding hydrogens is 332 g/mol. The summed E-state index contributed by atoms with van der Waals surface area (Å²) in [5, 5.41) is 10.4. The van der Waals surface area contributed by atoms with Gasteiger partial charge in [-0.05, 0) is 49.2 Å². The zero-order valence-corrected chi connectivity index (χ0v) is 15.0. The number of carbonyl (C=O) groups excluding carboxylic acids is 3. The van der Waals surface area contributed by atoms with Crippen molar-refractivity contribution in [3.63, 3.8) is 0 Å². The molecule has 4 amide bonds. The molecule has 0 atom stereocenters. The van der Waals surface area contributed by atoms with Gasteiger partial charge < -0.3 is 21.3 Å². The number of amides is 4. The van der Waals surface area contributed by atoms with Crippen molar-refractivity contribution in [3.8, 4) is 0 Å². The lowest BCUT2D eigenvalue weighted by atomic mass is 10.1. The Balaban J connectivity index is 1.90. The fourth-order valence-corrected chi connectivity index (χ4v) is 2.30. The van der Waals surface area contributed by atoms with E-state index in [2.05, 4.69) is 21.3 Å². The molecule has 0 saturated heterocycles. The Labute approximate surface area is 152 Å². The van der Waals surface area contributed by atoms with Gasteiger partial charge in [0.25, 0.3) is 5.91 Å². The van der Waals surface area contributed by atoms with E-state index in [1.807, 2.05) is 32.0 Å². The van der Waals surface area contributed by atoms with Gasteiger partial charge in [-0.3, -0.25) is 9.59 Å². The SMILES string of the molecule is CNC(=O)c1ccc(C)c(NC(=O)CNC(=O)Nc2cccc(C)c2)c1. The summed E-state index contributed by atoms with van der Waals surface area (Å²) in [5.74, 6) is -0.627. The molecule has 0 unspecified atom stereocenters. The maximum Gasteiger partial charge on any atom is 0.319 e. The minimum Gasteiger partial charge on any atom is -0.355 e. The lowest BCUT2D eigenvalue weighted by Gasteiger charge is -2.11. The molecule has 0 radical (unpaired) electrons. The molecule has 0 aromatic heterocycles. The Morgan fingerprint density at radius 1 is 0.962 bits per heavy atom. The van der Waals surface area contributed by atoms with E-state index in [-0.39, 0.29) is 18.4 Å². The fourth-order valence-electron chi connectivity index (χ4n) is 2.30. The van der Waals surface area contributed by atoms with Crippen LogP contribution >= 0.6 is 0 Å². The first-order valence-electron chi connectivity index (χ1n) is 8.13. The number of carbonyl (C=O) groups is 3. The summed E-state index contributed by atoms with van der Waals surface area (Å²) in [6.45, 7) is 3.55. The van der Waals surface area contributed by atoms with Gasteiger partial charge in [0.2, 0.25) is 5.91 Å². The molecule has 0 spiro atoms. The van der Waals surface area contributed by atoms with Gasteiger partial charge in [0.1, 0.15) is 0 Å². The molecule has 0 saturated carbocycles. The largest absolute Gasteiger partial charge is 0.355 e. The average Bonchev–Trinajstić information content (AvgIpc) is 2.61. The summed E-state index contributed by atoms with van der Waals surface area (Å²) in [7, 11) is 1.54. The number of anilines is 2. The average molecular weight is 354 g/mol. The molecule has 2 aromatic carbocycles. The molecule has 0 fully saturated rings. The number of nitrogens with one attached hydrogen (secondary N) is 4. The lowest BCUT2D eigenvalue weighted by molar-refractivity contribution is -0.115. The molecule has 2 rings (SSSR count). The molecule has 4 N–H and O–H groups in total. The fraction of sp³-hybridized carbons (Fsp3) is 0.211. The van der Waals surface area contributed by atoms with Crippen molar-refractivity contribution in [3.05, 3.63) is 59.2 Å². The van der Waals surface area contributed by atoms with Crippen LogP contribution in [-0.4, -0.2) is 31.4 Å². The summed E-state index contributed by atoms with van der Waals surface area (Å²) in [6, 6.07) is 11.9. The molecule has 7 nitrogen and oxygen atoms in total. The summed E-state index contributed by atoms with van der Waals surface area (Å²) in [4.78, 5) is 35.6. The zero-order chi connectivity index (χ0) is 19.1. The van der Waals surface area contributed by atoms with Crippen molar-refractivity contribution in [2.24, 2.45) is 0 Å². The molecule has 0 bridgehead atoms. The normalized spacial score (nSPS) is 9.96. The van der Waals surface area contributed by atoms with Crippen LogP contribution in [-0.2, 0) is 4.79 Å². The summed E-state index contributed by atoms with van der Waals surface area (Å²) in [6.07, 6.45) is 0. The first kappa shape index (κ1) is 19.0. The second-order valence-electron chi connectivity index (χ2n) is 5.83. The molecule has 7 heteroatoms. The summed E-state index contributed by atoms with van der Waals surface area (Å²) >= 11 is 0. The van der Waals surface area contributed by atoms with E-state index < -0.39 is 6.03 Å². The second-order valence-corrected chi connectivity index (χ2v) is 5.83. The number of urea groups is 1. The van der Waals surface area contributed by atoms with Gasteiger partial charge in [-0.15, -0.1) is 0 Å². The Kier molecular flexibility index (Phi) is 6.32. The van der Waals surface area contributed by atoms with Gasteiger partial charge in [-0.2, -0.15) is 0 Å². The van der Waals surface area contributed by atoms with Crippen molar-refractivity contribution in [1.82, 2.24) is 10.6 Å². The topological polar surface area (TPSA) is 99.3 Å². The summed E-state index contributed by atoms with van der Waals surface area (Å²) in [5.41, 5.74) is 3.45. The maximum atomic E-state index is 12.1. The third kappa shape index (κ3) is 5.34. The quantitative estimate of drug-likeness (QED) is 0.663. The molecule has 0 aliphatic rings. The summed E-state index contributed by atoms with van der Waals surface area (Å²) < 4.78 is 0. The minimum absolute atomic E-state index is 0.193. The molecule has 0 aliphatic heterocycles. The van der Waals surface area contributed by atoms with Crippen LogP contribution in [0.1, 0.15) is 21.5 Å². The van der Waals surface area contributed by atoms with Crippen LogP contribution in [0.4, 0.5) is 16.2 Å². The van der Waals surface area contributed by atoms with Crippen molar-refractivity contribution < 1.29 is 14.4 Å². The van der Waals surface area contributed by atoms with Gasteiger partial charge in [-0.25, -0.2) is 4.79 Å². The number of aryl methyl sites for hydroxylation is 2. The first-order chi connectivity index (χ1) is 12.4. The highest BCUT2D eigenvalue weighted by Crippen LogP contribution is 2.16. The van der Waals surface area contributed by atoms with E-state index in [1.165, 1.54) is 7.05 Å². The van der Waals surface area contributed by atoms with E-state index in [4.69, 9.17) is 0 Å². The highest BCUT2D eigenvalue weighted by atomic mass is 16.2. The zero-order valence-electron chi connectivity index (χ0n) is 15.0. The Hall–Kier alpha value is -3.35. The van der Waals surface area contributed by atoms with Crippen LogP contribution in [0, 0.1) is 13.8 Å². The van der Waals surface area contributed by atoms with E-state index >= 15 is 0 Å². The maximum absolute atomic E-state index is 12.1. The molecule has 2 aromatic rings. The number of rotatable bonds is 5. The lowest BCUT2D eigenvalue weighted by Crippen LogP contribution is -2.35. The Morgan fingerprint density at radius 2 is 1.73 bits per heavy atom. The predicted octanol–water partition coefficient (Wildman–Crippen LogP) is 2.42. The second kappa shape index (κ2) is 8.66. The van der Waals surface area contributed by atoms with Gasteiger partial charge >= 0.3 is 6.03 Å². The third-order valence-corrected chi connectivity index (χ3v) is 3.69. The van der Waals surface area contributed by atoms with Gasteiger partial charge in [0.15, 0.2) is 0 Å². The molecule has 0 heterocycles. The van der Waals surface area contributed by atoms with Gasteiger partial charge in [0, 0.05) is 24.0 Å². The van der Waals surface area contributed by atoms with Crippen molar-refractivity contribution in [2.75, 3.05) is 24.2 Å². The van der Waals surface area contributed by atoms with Crippen LogP contribution in [0.5, 0.6) is 0 Å². The smallest absolute Gasteiger partial charge is 0.319 e. The third-order valence-electron chi connectivity index (χ3n) is 3.69. The van der Waals surface area contributed by atoms with E-state index in [0.717, 1.165) is 11.1 Å². The van der Waals surface area contributed by atoms with Gasteiger partial charge in [0.05, 0.1) is 6.54 Å². The van der Waals surface area contributed by atoms with Gasteiger partial charge in [-0.1, -0.05) is 18.2 Å². The Morgan fingerprint density at radius 3 is 2.42 bits per heavy atom. The molecular formula is C19H22N4O3. The van der Waals surface area contributed by atoms with Crippen LogP contribution in [0.3, 0.4) is 0 Å². The van der Waals surface area contributed by atoms with Crippen molar-refractivity contribution in [2.45, 2.75) is 13.8 Å². The molecule has 136 valence electrons. The van der Waals surface area contributed by atoms with Crippen LogP contribution in [0.25, 0.3) is 0 Å². The number of hydrogen-bond acceptors (Lipinski definition) is 3. The Bertz CT molecular complexity index is 833. The van der Waals surface area contributed by atoms with E-state index in [0.29, 0.717) is 16.9 Å². The predicted molar refractivity (Wildman–Crippen MR) is 101 cm³/mol. The van der Waals surface area contributed by atoms with E-state index in [9.17, 15) is 14.4 Å². The van der Waals surface area contributed by atoms with Crippen LogP contribution in [0.15, 0.2) is 42.5 Å².